The largest absolute Gasteiger partial charge is 0.397 e. The molecule has 8 heteroatoms. The predicted molar refractivity (Wildman–Crippen MR) is 97.4 cm³/mol. The third kappa shape index (κ3) is 3.57. The quantitative estimate of drug-likeness (QED) is 0.704. The van der Waals surface area contributed by atoms with Crippen LogP contribution in [0.5, 0.6) is 0 Å². The monoisotopic (exact) mass is 337 g/mol. The van der Waals surface area contributed by atoms with Gasteiger partial charge in [-0.1, -0.05) is 6.07 Å². The minimum Gasteiger partial charge on any atom is -0.397 e. The summed E-state index contributed by atoms with van der Waals surface area (Å²) in [6.45, 7) is 0. The van der Waals surface area contributed by atoms with Gasteiger partial charge >= 0.3 is 0 Å². The Labute approximate surface area is 145 Å². The van der Waals surface area contributed by atoms with E-state index in [1.807, 2.05) is 44.4 Å². The van der Waals surface area contributed by atoms with E-state index in [1.165, 1.54) is 6.20 Å². The van der Waals surface area contributed by atoms with E-state index >= 15 is 0 Å². The van der Waals surface area contributed by atoms with Gasteiger partial charge in [0.1, 0.15) is 11.5 Å². The third-order valence-corrected chi connectivity index (χ3v) is 3.67. The van der Waals surface area contributed by atoms with E-state index in [2.05, 4.69) is 20.4 Å². The van der Waals surface area contributed by atoms with E-state index < -0.39 is 0 Å². The maximum Gasteiger partial charge on any atom is 0.275 e. The number of nitrogens with two attached hydrogens (primary N) is 1. The number of nitrogen functional groups attached to an aromatic ring is 1. The molecular formula is C17H19N7O. The lowest BCUT2D eigenvalue weighted by Crippen LogP contribution is -2.17. The van der Waals surface area contributed by atoms with Gasteiger partial charge < -0.3 is 16.0 Å². The highest BCUT2D eigenvalue weighted by Crippen LogP contribution is 2.27. The minimum absolute atomic E-state index is 0.219. The first kappa shape index (κ1) is 16.4. The fraction of sp³-hybridized carbons (Fsp3) is 0.176. The summed E-state index contributed by atoms with van der Waals surface area (Å²) in [5, 5.41) is 6.94. The molecule has 0 atom stereocenters. The Bertz CT molecular complexity index is 900. The summed E-state index contributed by atoms with van der Waals surface area (Å²) >= 11 is 0. The number of aromatic nitrogens is 4. The zero-order chi connectivity index (χ0) is 18.0. The highest BCUT2D eigenvalue weighted by Gasteiger charge is 2.12. The summed E-state index contributed by atoms with van der Waals surface area (Å²) in [7, 11) is 5.56. The first-order chi connectivity index (χ1) is 11.9. The molecular weight excluding hydrogens is 318 g/mol. The van der Waals surface area contributed by atoms with E-state index in [4.69, 9.17) is 5.73 Å². The molecule has 0 unspecified atom stereocenters. The zero-order valence-electron chi connectivity index (χ0n) is 14.3. The molecule has 0 radical (unpaired) electrons. The van der Waals surface area contributed by atoms with Gasteiger partial charge in [-0.25, -0.2) is 9.97 Å². The Morgan fingerprint density at radius 3 is 2.56 bits per heavy atom. The SMILES string of the molecule is CN(C)c1cnc(C(=O)Nc2cc(-c3cnn(C)c3)ccc2N)cn1. The van der Waals surface area contributed by atoms with Crippen LogP contribution in [0.2, 0.25) is 0 Å². The van der Waals surface area contributed by atoms with Crippen molar-refractivity contribution in [2.45, 2.75) is 0 Å². The second-order valence-electron chi connectivity index (χ2n) is 5.81. The normalized spacial score (nSPS) is 10.5. The molecule has 1 aromatic carbocycles. The topological polar surface area (TPSA) is 102 Å². The number of carbonyl (C=O) groups is 1. The Kier molecular flexibility index (Phi) is 4.34. The Morgan fingerprint density at radius 1 is 1.16 bits per heavy atom. The Hall–Kier alpha value is -3.42. The molecule has 8 nitrogen and oxygen atoms in total. The van der Waals surface area contributed by atoms with Crippen molar-refractivity contribution in [2.24, 2.45) is 7.05 Å². The number of anilines is 3. The molecule has 3 rings (SSSR count). The molecule has 128 valence electrons. The van der Waals surface area contributed by atoms with Gasteiger partial charge in [-0.2, -0.15) is 5.10 Å². The fourth-order valence-corrected chi connectivity index (χ4v) is 2.27. The Morgan fingerprint density at radius 2 is 1.96 bits per heavy atom. The van der Waals surface area contributed by atoms with Gasteiger partial charge in [0, 0.05) is 32.9 Å². The van der Waals surface area contributed by atoms with Crippen LogP contribution in [0.3, 0.4) is 0 Å². The summed E-state index contributed by atoms with van der Waals surface area (Å²) in [5.41, 5.74) is 9.04. The minimum atomic E-state index is -0.368. The molecule has 0 aliphatic rings. The van der Waals surface area contributed by atoms with Crippen LogP contribution in [0, 0.1) is 0 Å². The summed E-state index contributed by atoms with van der Waals surface area (Å²) in [5.74, 6) is 0.308. The van der Waals surface area contributed by atoms with Crippen LogP contribution in [-0.4, -0.2) is 39.8 Å². The number of amides is 1. The molecule has 25 heavy (non-hydrogen) atoms. The van der Waals surface area contributed by atoms with Crippen molar-refractivity contribution < 1.29 is 4.79 Å². The summed E-state index contributed by atoms with van der Waals surface area (Å²) in [6, 6.07) is 5.44. The summed E-state index contributed by atoms with van der Waals surface area (Å²) in [6.07, 6.45) is 6.63. The van der Waals surface area contributed by atoms with Crippen LogP contribution in [0.15, 0.2) is 43.0 Å². The fourth-order valence-electron chi connectivity index (χ4n) is 2.27. The summed E-state index contributed by atoms with van der Waals surface area (Å²) < 4.78 is 1.71. The van der Waals surface area contributed by atoms with Crippen molar-refractivity contribution in [3.63, 3.8) is 0 Å². The van der Waals surface area contributed by atoms with Gasteiger partial charge in [0.05, 0.1) is 30.0 Å². The maximum absolute atomic E-state index is 12.4. The van der Waals surface area contributed by atoms with Crippen molar-refractivity contribution in [3.8, 4) is 11.1 Å². The third-order valence-electron chi connectivity index (χ3n) is 3.67. The van der Waals surface area contributed by atoms with Crippen LogP contribution in [0.4, 0.5) is 17.2 Å². The number of rotatable bonds is 4. The molecule has 3 N–H and O–H groups in total. The number of benzene rings is 1. The number of nitrogens with one attached hydrogen (secondary N) is 1. The molecule has 0 aliphatic carbocycles. The zero-order valence-corrected chi connectivity index (χ0v) is 14.3. The van der Waals surface area contributed by atoms with Gasteiger partial charge in [0.25, 0.3) is 5.91 Å². The van der Waals surface area contributed by atoms with Crippen molar-refractivity contribution >= 4 is 23.1 Å². The van der Waals surface area contributed by atoms with E-state index in [1.54, 1.807) is 23.1 Å². The lowest BCUT2D eigenvalue weighted by Gasteiger charge is -2.12. The number of nitrogens with zero attached hydrogens (tertiary/aromatic N) is 5. The van der Waals surface area contributed by atoms with Crippen molar-refractivity contribution in [2.75, 3.05) is 30.0 Å². The molecule has 0 fully saturated rings. The average Bonchev–Trinajstić information content (AvgIpc) is 3.03. The van der Waals surface area contributed by atoms with E-state index in [0.29, 0.717) is 17.2 Å². The number of hydrogen-bond acceptors (Lipinski definition) is 6. The number of hydrogen-bond donors (Lipinski definition) is 2. The van der Waals surface area contributed by atoms with Crippen LogP contribution in [-0.2, 0) is 7.05 Å². The van der Waals surface area contributed by atoms with Crippen LogP contribution in [0.25, 0.3) is 11.1 Å². The number of aryl methyl sites for hydroxylation is 1. The molecule has 0 bridgehead atoms. The molecule has 3 aromatic rings. The van der Waals surface area contributed by atoms with Gasteiger partial charge in [0.15, 0.2) is 0 Å². The predicted octanol–water partition coefficient (Wildman–Crippen LogP) is 1.78. The van der Waals surface area contributed by atoms with Crippen LogP contribution < -0.4 is 16.0 Å². The molecule has 0 saturated heterocycles. The lowest BCUT2D eigenvalue weighted by molar-refractivity contribution is 0.102. The lowest BCUT2D eigenvalue weighted by atomic mass is 10.1. The molecule has 0 spiro atoms. The van der Waals surface area contributed by atoms with E-state index in [-0.39, 0.29) is 11.6 Å². The first-order valence-corrected chi connectivity index (χ1v) is 7.63. The summed E-state index contributed by atoms with van der Waals surface area (Å²) in [4.78, 5) is 22.5. The van der Waals surface area contributed by atoms with Crippen molar-refractivity contribution in [1.29, 1.82) is 0 Å². The van der Waals surface area contributed by atoms with Crippen LogP contribution in [0.1, 0.15) is 10.5 Å². The smallest absolute Gasteiger partial charge is 0.275 e. The molecule has 1 amide bonds. The Balaban J connectivity index is 1.83. The van der Waals surface area contributed by atoms with Gasteiger partial charge in [-0.15, -0.1) is 0 Å². The molecule has 2 heterocycles. The molecule has 2 aromatic heterocycles. The highest BCUT2D eigenvalue weighted by atomic mass is 16.1. The second-order valence-corrected chi connectivity index (χ2v) is 5.81. The van der Waals surface area contributed by atoms with Crippen molar-refractivity contribution in [3.05, 3.63) is 48.7 Å². The standard InChI is InChI=1S/C17H19N7O/c1-23(2)16-9-19-15(8-20-16)17(25)22-14-6-11(4-5-13(14)18)12-7-21-24(3)10-12/h4-10H,18H2,1-3H3,(H,22,25). The maximum atomic E-state index is 12.4. The van der Waals surface area contributed by atoms with Crippen molar-refractivity contribution in [1.82, 2.24) is 19.7 Å². The second kappa shape index (κ2) is 6.60. The first-order valence-electron chi connectivity index (χ1n) is 7.63. The van der Waals surface area contributed by atoms with Gasteiger partial charge in [-0.05, 0) is 17.7 Å². The van der Waals surface area contributed by atoms with Gasteiger partial charge in [0.2, 0.25) is 0 Å². The van der Waals surface area contributed by atoms with Gasteiger partial charge in [-0.3, -0.25) is 9.48 Å². The van der Waals surface area contributed by atoms with Crippen LogP contribution >= 0.6 is 0 Å². The highest BCUT2D eigenvalue weighted by molar-refractivity contribution is 6.04. The molecule has 0 aliphatic heterocycles. The van der Waals surface area contributed by atoms with E-state index in [9.17, 15) is 4.79 Å². The average molecular weight is 337 g/mol. The number of carbonyl (C=O) groups excluding carboxylic acids is 1. The molecule has 0 saturated carbocycles. The van der Waals surface area contributed by atoms with E-state index in [0.717, 1.165) is 11.1 Å².